The predicted octanol–water partition coefficient (Wildman–Crippen LogP) is 2.38. The van der Waals surface area contributed by atoms with E-state index in [1.807, 2.05) is 12.1 Å². The van der Waals surface area contributed by atoms with Gasteiger partial charge in [-0.15, -0.1) is 0 Å². The topological polar surface area (TPSA) is 142 Å². The number of aliphatic carboxylic acids is 1. The molecule has 8 nitrogen and oxygen atoms in total. The molecule has 3 N–H and O–H groups in total. The molecule has 0 fully saturated rings. The number of fused-ring (bicyclic) bond motifs is 1. The SMILES string of the molecule is CCC(C(=O)O)c1nc(N)c(C#N)c(-c2ccc3c(c2)OCO3)c1C#N. The summed E-state index contributed by atoms with van der Waals surface area (Å²) >= 11 is 0. The van der Waals surface area contributed by atoms with E-state index in [9.17, 15) is 20.4 Å². The van der Waals surface area contributed by atoms with Gasteiger partial charge in [0.05, 0.1) is 11.3 Å². The first-order valence-electron chi connectivity index (χ1n) is 7.78. The number of aromatic nitrogens is 1. The average Bonchev–Trinajstić information content (AvgIpc) is 3.09. The fraction of sp³-hybridized carbons (Fsp3) is 0.222. The second kappa shape index (κ2) is 6.61. The zero-order chi connectivity index (χ0) is 18.8. The summed E-state index contributed by atoms with van der Waals surface area (Å²) in [5.74, 6) is -1.22. The molecular weight excluding hydrogens is 336 g/mol. The van der Waals surface area contributed by atoms with E-state index < -0.39 is 11.9 Å². The molecule has 0 bridgehead atoms. The third-order valence-electron chi connectivity index (χ3n) is 4.17. The minimum absolute atomic E-state index is 0.0175. The number of benzene rings is 1. The van der Waals surface area contributed by atoms with Crippen molar-refractivity contribution < 1.29 is 19.4 Å². The molecule has 130 valence electrons. The number of rotatable bonds is 4. The highest BCUT2D eigenvalue weighted by Gasteiger charge is 2.29. The number of nitriles is 2. The highest BCUT2D eigenvalue weighted by atomic mass is 16.7. The highest BCUT2D eigenvalue weighted by Crippen LogP contribution is 2.40. The number of nitrogens with two attached hydrogens (primary N) is 1. The van der Waals surface area contributed by atoms with Crippen molar-refractivity contribution in [1.82, 2.24) is 4.98 Å². The summed E-state index contributed by atoms with van der Waals surface area (Å²) in [5.41, 5.74) is 6.73. The largest absolute Gasteiger partial charge is 0.481 e. The number of carbonyl (C=O) groups is 1. The Hall–Kier alpha value is -3.78. The zero-order valence-corrected chi connectivity index (χ0v) is 13.8. The van der Waals surface area contributed by atoms with Crippen LogP contribution < -0.4 is 15.2 Å². The molecule has 2 aromatic rings. The van der Waals surface area contributed by atoms with E-state index in [0.717, 1.165) is 0 Å². The summed E-state index contributed by atoms with van der Waals surface area (Å²) < 4.78 is 10.6. The fourth-order valence-electron chi connectivity index (χ4n) is 2.93. The van der Waals surface area contributed by atoms with E-state index in [0.29, 0.717) is 17.1 Å². The van der Waals surface area contributed by atoms with Gasteiger partial charge < -0.3 is 20.3 Å². The second-order valence-electron chi connectivity index (χ2n) is 5.60. The van der Waals surface area contributed by atoms with Crippen LogP contribution in [0.1, 0.15) is 36.1 Å². The number of nitrogen functional groups attached to an aromatic ring is 1. The zero-order valence-electron chi connectivity index (χ0n) is 13.8. The van der Waals surface area contributed by atoms with Crippen LogP contribution in [0.2, 0.25) is 0 Å². The number of carboxylic acid groups (broad SMARTS) is 1. The van der Waals surface area contributed by atoms with Gasteiger partial charge in [0.1, 0.15) is 29.4 Å². The number of hydrogen-bond acceptors (Lipinski definition) is 7. The quantitative estimate of drug-likeness (QED) is 0.855. The molecule has 1 atom stereocenters. The van der Waals surface area contributed by atoms with Gasteiger partial charge in [-0.25, -0.2) is 4.98 Å². The summed E-state index contributed by atoms with van der Waals surface area (Å²) in [5, 5.41) is 28.7. The summed E-state index contributed by atoms with van der Waals surface area (Å²) in [6.07, 6.45) is 0.225. The molecular formula is C18H14N4O4. The van der Waals surface area contributed by atoms with Gasteiger partial charge in [-0.3, -0.25) is 4.79 Å². The molecule has 0 amide bonds. The summed E-state index contributed by atoms with van der Waals surface area (Å²) in [4.78, 5) is 15.6. The van der Waals surface area contributed by atoms with Gasteiger partial charge in [-0.1, -0.05) is 13.0 Å². The third kappa shape index (κ3) is 2.64. The van der Waals surface area contributed by atoms with E-state index >= 15 is 0 Å². The van der Waals surface area contributed by atoms with Crippen LogP contribution in [0, 0.1) is 22.7 Å². The van der Waals surface area contributed by atoms with Crippen molar-refractivity contribution >= 4 is 11.8 Å². The standard InChI is InChI=1S/C18H14N4O4/c1-2-10(18(23)24)16-11(6-19)15(12(7-20)17(21)22-16)9-3-4-13-14(5-9)26-8-25-13/h3-5,10H,2,8H2,1H3,(H2,21,22)(H,23,24). The first-order valence-corrected chi connectivity index (χ1v) is 7.78. The monoisotopic (exact) mass is 350 g/mol. The molecule has 1 aliphatic heterocycles. The highest BCUT2D eigenvalue weighted by molar-refractivity contribution is 5.85. The van der Waals surface area contributed by atoms with Gasteiger partial charge in [-0.05, 0) is 24.1 Å². The first-order chi connectivity index (χ1) is 12.5. The van der Waals surface area contributed by atoms with Crippen LogP contribution in [-0.2, 0) is 4.79 Å². The van der Waals surface area contributed by atoms with Crippen molar-refractivity contribution in [2.75, 3.05) is 12.5 Å². The van der Waals surface area contributed by atoms with Crippen molar-refractivity contribution in [2.24, 2.45) is 0 Å². The van der Waals surface area contributed by atoms with Crippen LogP contribution >= 0.6 is 0 Å². The Labute approximate surface area is 149 Å². The normalized spacial score (nSPS) is 12.9. The number of nitrogens with zero attached hydrogens (tertiary/aromatic N) is 3. The Morgan fingerprint density at radius 3 is 2.62 bits per heavy atom. The Bertz CT molecular complexity index is 988. The van der Waals surface area contributed by atoms with Crippen LogP contribution in [0.4, 0.5) is 5.82 Å². The lowest BCUT2D eigenvalue weighted by atomic mass is 9.89. The number of pyridine rings is 1. The smallest absolute Gasteiger partial charge is 0.312 e. The summed E-state index contributed by atoms with van der Waals surface area (Å²) in [6.45, 7) is 1.76. The molecule has 0 saturated carbocycles. The molecule has 0 spiro atoms. The molecule has 26 heavy (non-hydrogen) atoms. The number of carboxylic acids is 1. The lowest BCUT2D eigenvalue weighted by Gasteiger charge is -2.17. The van der Waals surface area contributed by atoms with Crippen molar-refractivity contribution in [3.8, 4) is 34.8 Å². The van der Waals surface area contributed by atoms with E-state index in [2.05, 4.69) is 4.98 Å². The number of ether oxygens (including phenoxy) is 2. The maximum absolute atomic E-state index is 11.6. The van der Waals surface area contributed by atoms with Crippen molar-refractivity contribution in [1.29, 1.82) is 10.5 Å². The van der Waals surface area contributed by atoms with Crippen LogP contribution in [-0.4, -0.2) is 22.9 Å². The van der Waals surface area contributed by atoms with Crippen molar-refractivity contribution in [3.05, 3.63) is 35.0 Å². The Balaban J connectivity index is 2.33. The molecule has 1 aromatic carbocycles. The molecule has 1 aromatic heterocycles. The molecule has 2 heterocycles. The number of hydrogen-bond donors (Lipinski definition) is 2. The van der Waals surface area contributed by atoms with Gasteiger partial charge in [0.25, 0.3) is 0 Å². The minimum Gasteiger partial charge on any atom is -0.481 e. The Morgan fingerprint density at radius 2 is 2.00 bits per heavy atom. The van der Waals surface area contributed by atoms with Crippen molar-refractivity contribution in [2.45, 2.75) is 19.3 Å². The molecule has 1 unspecified atom stereocenters. The Morgan fingerprint density at radius 1 is 1.31 bits per heavy atom. The minimum atomic E-state index is -1.11. The van der Waals surface area contributed by atoms with E-state index in [1.54, 1.807) is 25.1 Å². The van der Waals surface area contributed by atoms with Gasteiger partial charge in [0.15, 0.2) is 11.5 Å². The summed E-state index contributed by atoms with van der Waals surface area (Å²) in [6, 6.07) is 8.91. The lowest BCUT2D eigenvalue weighted by Crippen LogP contribution is -2.16. The summed E-state index contributed by atoms with van der Waals surface area (Å²) in [7, 11) is 0. The third-order valence-corrected chi connectivity index (χ3v) is 4.17. The van der Waals surface area contributed by atoms with Crippen LogP contribution in [0.15, 0.2) is 18.2 Å². The van der Waals surface area contributed by atoms with Gasteiger partial charge in [0.2, 0.25) is 6.79 Å². The molecule has 3 rings (SSSR count). The Kier molecular flexibility index (Phi) is 4.34. The average molecular weight is 350 g/mol. The van der Waals surface area contributed by atoms with E-state index in [1.165, 1.54) is 0 Å². The molecule has 8 heteroatoms. The van der Waals surface area contributed by atoms with Crippen LogP contribution in [0.25, 0.3) is 11.1 Å². The maximum Gasteiger partial charge on any atom is 0.312 e. The van der Waals surface area contributed by atoms with Crippen molar-refractivity contribution in [3.63, 3.8) is 0 Å². The van der Waals surface area contributed by atoms with Gasteiger partial charge >= 0.3 is 5.97 Å². The molecule has 0 saturated heterocycles. The molecule has 0 aliphatic carbocycles. The van der Waals surface area contributed by atoms with Gasteiger partial charge in [0, 0.05) is 5.56 Å². The second-order valence-corrected chi connectivity index (χ2v) is 5.60. The van der Waals surface area contributed by atoms with Crippen LogP contribution in [0.5, 0.6) is 11.5 Å². The van der Waals surface area contributed by atoms with Gasteiger partial charge in [-0.2, -0.15) is 10.5 Å². The first kappa shape index (κ1) is 17.1. The predicted molar refractivity (Wildman–Crippen MR) is 90.3 cm³/mol. The molecule has 1 aliphatic rings. The fourth-order valence-corrected chi connectivity index (χ4v) is 2.93. The molecule has 0 radical (unpaired) electrons. The van der Waals surface area contributed by atoms with E-state index in [4.69, 9.17) is 15.2 Å². The maximum atomic E-state index is 11.6. The van der Waals surface area contributed by atoms with Crippen LogP contribution in [0.3, 0.4) is 0 Å². The van der Waals surface area contributed by atoms with E-state index in [-0.39, 0.29) is 41.4 Å². The number of anilines is 1. The lowest BCUT2D eigenvalue weighted by molar-refractivity contribution is -0.138.